The van der Waals surface area contributed by atoms with Gasteiger partial charge in [0.25, 0.3) is 0 Å². The summed E-state index contributed by atoms with van der Waals surface area (Å²) < 4.78 is 5.04. The summed E-state index contributed by atoms with van der Waals surface area (Å²) in [7, 11) is 1.63. The largest absolute Gasteiger partial charge is 0.481 e. The van der Waals surface area contributed by atoms with Crippen molar-refractivity contribution < 1.29 is 14.6 Å². The third-order valence-electron chi connectivity index (χ3n) is 2.26. The molecule has 4 nitrogen and oxygen atoms in total. The number of carbonyl (C=O) groups is 1. The number of ether oxygens (including phenoxy) is 1. The van der Waals surface area contributed by atoms with Gasteiger partial charge in [0.1, 0.15) is 0 Å². The van der Waals surface area contributed by atoms with Crippen LogP contribution in [-0.4, -0.2) is 36.4 Å². The monoisotopic (exact) mass is 203 g/mol. The molecule has 0 spiro atoms. The van der Waals surface area contributed by atoms with E-state index in [1.54, 1.807) is 14.0 Å². The minimum atomic E-state index is -0.779. The van der Waals surface area contributed by atoms with Crippen molar-refractivity contribution in [1.29, 1.82) is 0 Å². The Balaban J connectivity index is 4.16. The summed E-state index contributed by atoms with van der Waals surface area (Å²) in [4.78, 5) is 10.7. The zero-order valence-electron chi connectivity index (χ0n) is 9.63. The van der Waals surface area contributed by atoms with Crippen molar-refractivity contribution >= 4 is 5.97 Å². The van der Waals surface area contributed by atoms with E-state index in [1.807, 2.05) is 20.8 Å². The highest BCUT2D eigenvalue weighted by atomic mass is 16.5. The van der Waals surface area contributed by atoms with Crippen molar-refractivity contribution in [2.75, 3.05) is 13.7 Å². The predicted octanol–water partition coefficient (Wildman–Crippen LogP) is 1.11. The Morgan fingerprint density at radius 3 is 2.36 bits per heavy atom. The second-order valence-electron chi connectivity index (χ2n) is 4.38. The first-order valence-electron chi connectivity index (χ1n) is 4.79. The number of methoxy groups -OCH3 is 1. The van der Waals surface area contributed by atoms with Crippen LogP contribution >= 0.6 is 0 Å². The molecule has 0 aromatic heterocycles. The third-order valence-corrected chi connectivity index (χ3v) is 2.26. The molecule has 2 unspecified atom stereocenters. The topological polar surface area (TPSA) is 58.6 Å². The lowest BCUT2D eigenvalue weighted by atomic mass is 9.99. The summed E-state index contributed by atoms with van der Waals surface area (Å²) in [5, 5.41) is 12.0. The van der Waals surface area contributed by atoms with Crippen LogP contribution in [0.5, 0.6) is 0 Å². The lowest BCUT2D eigenvalue weighted by molar-refractivity contribution is -0.142. The molecule has 0 rings (SSSR count). The Kier molecular flexibility index (Phi) is 5.08. The number of carboxylic acids is 1. The van der Waals surface area contributed by atoms with Crippen LogP contribution in [0.1, 0.15) is 27.7 Å². The predicted molar refractivity (Wildman–Crippen MR) is 55.4 cm³/mol. The zero-order valence-corrected chi connectivity index (χ0v) is 9.63. The quantitative estimate of drug-likeness (QED) is 0.679. The Labute approximate surface area is 85.6 Å². The first-order valence-corrected chi connectivity index (χ1v) is 4.79. The second-order valence-corrected chi connectivity index (χ2v) is 4.38. The van der Waals surface area contributed by atoms with E-state index in [9.17, 15) is 4.79 Å². The van der Waals surface area contributed by atoms with Crippen LogP contribution in [0.15, 0.2) is 0 Å². The zero-order chi connectivity index (χ0) is 11.4. The van der Waals surface area contributed by atoms with E-state index in [-0.39, 0.29) is 11.6 Å². The summed E-state index contributed by atoms with van der Waals surface area (Å²) in [6.45, 7) is 8.10. The van der Waals surface area contributed by atoms with E-state index < -0.39 is 11.9 Å². The molecule has 84 valence electrons. The Morgan fingerprint density at radius 2 is 2.00 bits per heavy atom. The lowest BCUT2D eigenvalue weighted by Gasteiger charge is -2.31. The number of aliphatic carboxylic acids is 1. The van der Waals surface area contributed by atoms with Crippen LogP contribution in [0.3, 0.4) is 0 Å². The highest BCUT2D eigenvalue weighted by Gasteiger charge is 2.26. The molecule has 0 saturated heterocycles. The first-order chi connectivity index (χ1) is 6.30. The van der Waals surface area contributed by atoms with E-state index in [0.717, 1.165) is 0 Å². The van der Waals surface area contributed by atoms with Gasteiger partial charge in [-0.25, -0.2) is 0 Å². The summed E-state index contributed by atoms with van der Waals surface area (Å²) in [5.41, 5.74) is -0.197. The van der Waals surface area contributed by atoms with Gasteiger partial charge >= 0.3 is 5.97 Å². The van der Waals surface area contributed by atoms with E-state index in [0.29, 0.717) is 6.61 Å². The van der Waals surface area contributed by atoms with E-state index in [2.05, 4.69) is 5.32 Å². The Hall–Kier alpha value is -0.610. The average Bonchev–Trinajstić information content (AvgIpc) is 2.01. The van der Waals surface area contributed by atoms with Crippen molar-refractivity contribution in [3.05, 3.63) is 0 Å². The molecule has 0 bridgehead atoms. The molecule has 0 aliphatic carbocycles. The van der Waals surface area contributed by atoms with E-state index >= 15 is 0 Å². The van der Waals surface area contributed by atoms with E-state index in [4.69, 9.17) is 9.84 Å². The highest BCUT2D eigenvalue weighted by molar-refractivity contribution is 5.70. The van der Waals surface area contributed by atoms with Gasteiger partial charge in [-0.2, -0.15) is 0 Å². The molecule has 0 heterocycles. The van der Waals surface area contributed by atoms with Crippen LogP contribution in [0, 0.1) is 5.92 Å². The van der Waals surface area contributed by atoms with Crippen molar-refractivity contribution in [2.45, 2.75) is 39.3 Å². The van der Waals surface area contributed by atoms with Gasteiger partial charge in [0.05, 0.1) is 12.5 Å². The van der Waals surface area contributed by atoms with Crippen molar-refractivity contribution in [1.82, 2.24) is 5.32 Å². The van der Waals surface area contributed by atoms with Crippen LogP contribution < -0.4 is 5.32 Å². The van der Waals surface area contributed by atoms with Crippen LogP contribution in [0.4, 0.5) is 0 Å². The fourth-order valence-corrected chi connectivity index (χ4v) is 1.36. The van der Waals surface area contributed by atoms with Gasteiger partial charge in [0, 0.05) is 18.7 Å². The summed E-state index contributed by atoms with van der Waals surface area (Å²) in [5.74, 6) is -1.18. The molecular weight excluding hydrogens is 182 g/mol. The average molecular weight is 203 g/mol. The molecule has 2 N–H and O–H groups in total. The number of nitrogens with one attached hydrogen (secondary N) is 1. The molecule has 14 heavy (non-hydrogen) atoms. The Bertz CT molecular complexity index is 192. The molecule has 0 fully saturated rings. The molecule has 0 radical (unpaired) electrons. The Morgan fingerprint density at radius 1 is 1.50 bits per heavy atom. The molecule has 0 saturated carbocycles. The molecule has 4 heteroatoms. The van der Waals surface area contributed by atoms with Crippen LogP contribution in [-0.2, 0) is 9.53 Å². The smallest absolute Gasteiger partial charge is 0.307 e. The minimum Gasteiger partial charge on any atom is -0.481 e. The molecule has 0 aliphatic heterocycles. The fraction of sp³-hybridized carbons (Fsp3) is 0.900. The SMILES string of the molecule is COCC(C)(C)NC(C)C(C)C(=O)O. The number of rotatable bonds is 6. The van der Waals surface area contributed by atoms with E-state index in [1.165, 1.54) is 0 Å². The van der Waals surface area contributed by atoms with Gasteiger partial charge in [0.2, 0.25) is 0 Å². The van der Waals surface area contributed by atoms with Crippen LogP contribution in [0.25, 0.3) is 0 Å². The second kappa shape index (κ2) is 5.32. The number of carboxylic acid groups (broad SMARTS) is 1. The summed E-state index contributed by atoms with van der Waals surface area (Å²) in [6, 6.07) is -0.0716. The maximum Gasteiger partial charge on any atom is 0.307 e. The van der Waals surface area contributed by atoms with Crippen molar-refractivity contribution in [3.8, 4) is 0 Å². The van der Waals surface area contributed by atoms with Gasteiger partial charge < -0.3 is 15.2 Å². The van der Waals surface area contributed by atoms with Crippen molar-refractivity contribution in [3.63, 3.8) is 0 Å². The van der Waals surface area contributed by atoms with Gasteiger partial charge in [0.15, 0.2) is 0 Å². The first kappa shape index (κ1) is 13.4. The molecule has 0 aromatic carbocycles. The molecule has 2 atom stereocenters. The summed E-state index contributed by atoms with van der Waals surface area (Å²) in [6.07, 6.45) is 0. The molecular formula is C10H21NO3. The standard InChI is InChI=1S/C10H21NO3/c1-7(9(12)13)8(2)11-10(3,4)6-14-5/h7-8,11H,6H2,1-5H3,(H,12,13). The maximum absolute atomic E-state index is 10.7. The fourth-order valence-electron chi connectivity index (χ4n) is 1.36. The molecule has 0 aromatic rings. The normalized spacial score (nSPS) is 16.4. The third kappa shape index (κ3) is 4.58. The van der Waals surface area contributed by atoms with Gasteiger partial charge in [-0.15, -0.1) is 0 Å². The molecule has 0 aliphatic rings. The minimum absolute atomic E-state index is 0.0716. The molecule has 0 amide bonds. The number of hydrogen-bond acceptors (Lipinski definition) is 3. The highest BCUT2D eigenvalue weighted by Crippen LogP contribution is 2.09. The van der Waals surface area contributed by atoms with Gasteiger partial charge in [-0.05, 0) is 20.8 Å². The maximum atomic E-state index is 10.7. The van der Waals surface area contributed by atoms with Crippen molar-refractivity contribution in [2.24, 2.45) is 5.92 Å². The lowest BCUT2D eigenvalue weighted by Crippen LogP contribution is -2.51. The van der Waals surface area contributed by atoms with Crippen LogP contribution in [0.2, 0.25) is 0 Å². The van der Waals surface area contributed by atoms with Gasteiger partial charge in [-0.1, -0.05) is 6.92 Å². The summed E-state index contributed by atoms with van der Waals surface area (Å²) >= 11 is 0. The number of hydrogen-bond donors (Lipinski definition) is 2. The van der Waals surface area contributed by atoms with Gasteiger partial charge in [-0.3, -0.25) is 4.79 Å².